The van der Waals surface area contributed by atoms with Gasteiger partial charge in [-0.2, -0.15) is 0 Å². The Morgan fingerprint density at radius 1 is 1.35 bits per heavy atom. The average molecular weight is 273 g/mol. The van der Waals surface area contributed by atoms with E-state index in [9.17, 15) is 8.42 Å². The van der Waals surface area contributed by atoms with Crippen molar-refractivity contribution in [2.24, 2.45) is 0 Å². The molecule has 0 aliphatic carbocycles. The topological polar surface area (TPSA) is 47.3 Å². The molecule has 17 heavy (non-hydrogen) atoms. The molecule has 0 N–H and O–H groups in total. The summed E-state index contributed by atoms with van der Waals surface area (Å²) in [4.78, 5) is 0. The van der Waals surface area contributed by atoms with Gasteiger partial charge in [0.25, 0.3) is 0 Å². The molecule has 0 atom stereocenters. The Hall–Kier alpha value is -1.00. The second-order valence-corrected chi connectivity index (χ2v) is 7.19. The van der Waals surface area contributed by atoms with Crippen LogP contribution in [0, 0.1) is 0 Å². The molecule has 0 saturated carbocycles. The van der Waals surface area contributed by atoms with E-state index in [2.05, 4.69) is 0 Å². The van der Waals surface area contributed by atoms with Gasteiger partial charge in [0.1, 0.15) is 11.5 Å². The molecule has 0 fully saturated rings. The van der Waals surface area contributed by atoms with Crippen molar-refractivity contribution in [2.75, 3.05) is 0 Å². The van der Waals surface area contributed by atoms with Gasteiger partial charge in [0.05, 0.1) is 10.3 Å². The first-order valence-electron chi connectivity index (χ1n) is 5.28. The Balaban J connectivity index is 2.42. The summed E-state index contributed by atoms with van der Waals surface area (Å²) in [5.74, 6) is 0.345. The van der Waals surface area contributed by atoms with E-state index in [0.717, 1.165) is 5.39 Å². The molecule has 0 amide bonds. The highest BCUT2D eigenvalue weighted by atomic mass is 35.5. The van der Waals surface area contributed by atoms with Gasteiger partial charge in [-0.15, -0.1) is 0 Å². The standard InChI is InChI=1S/C12H13ClO3S/c1-8(2)17(14,15)7-10-6-9-4-3-5-11(13)12(9)16-10/h3-6,8H,7H2,1-2H3. The van der Waals surface area contributed by atoms with Crippen molar-refractivity contribution in [3.05, 3.63) is 35.0 Å². The molecule has 0 radical (unpaired) electrons. The summed E-state index contributed by atoms with van der Waals surface area (Å²) in [6, 6.07) is 7.09. The molecule has 92 valence electrons. The van der Waals surface area contributed by atoms with Gasteiger partial charge in [0.15, 0.2) is 15.4 Å². The van der Waals surface area contributed by atoms with Crippen molar-refractivity contribution < 1.29 is 12.8 Å². The summed E-state index contributed by atoms with van der Waals surface area (Å²) in [5.41, 5.74) is 0.545. The van der Waals surface area contributed by atoms with Gasteiger partial charge < -0.3 is 4.42 Å². The normalized spacial score (nSPS) is 12.5. The van der Waals surface area contributed by atoms with Crippen LogP contribution in [0.1, 0.15) is 19.6 Å². The monoisotopic (exact) mass is 272 g/mol. The lowest BCUT2D eigenvalue weighted by Crippen LogP contribution is -2.15. The third-order valence-corrected chi connectivity index (χ3v) is 5.03. The van der Waals surface area contributed by atoms with Crippen LogP contribution in [0.25, 0.3) is 11.0 Å². The molecule has 2 aromatic rings. The van der Waals surface area contributed by atoms with Crippen molar-refractivity contribution in [3.8, 4) is 0 Å². The molecule has 0 spiro atoms. The lowest BCUT2D eigenvalue weighted by atomic mass is 10.2. The number of sulfone groups is 1. The maximum atomic E-state index is 11.8. The molecule has 0 bridgehead atoms. The van der Waals surface area contributed by atoms with E-state index in [-0.39, 0.29) is 5.75 Å². The summed E-state index contributed by atoms with van der Waals surface area (Å²) in [6.07, 6.45) is 0. The van der Waals surface area contributed by atoms with Crippen LogP contribution in [0.2, 0.25) is 5.02 Å². The fourth-order valence-corrected chi connectivity index (χ4v) is 2.61. The highest BCUT2D eigenvalue weighted by Gasteiger charge is 2.19. The SMILES string of the molecule is CC(C)S(=O)(=O)Cc1cc2cccc(Cl)c2o1. The number of furan rings is 1. The minimum atomic E-state index is -3.15. The number of fused-ring (bicyclic) bond motifs is 1. The van der Waals surface area contributed by atoms with E-state index < -0.39 is 15.1 Å². The molecule has 5 heteroatoms. The molecule has 0 saturated heterocycles. The zero-order valence-electron chi connectivity index (χ0n) is 9.60. The molecule has 0 aliphatic heterocycles. The first-order valence-corrected chi connectivity index (χ1v) is 7.38. The number of benzene rings is 1. The fraction of sp³-hybridized carbons (Fsp3) is 0.333. The third-order valence-electron chi connectivity index (χ3n) is 2.61. The number of rotatable bonds is 3. The molecule has 0 unspecified atom stereocenters. The van der Waals surface area contributed by atoms with Gasteiger partial charge in [-0.05, 0) is 26.0 Å². The van der Waals surface area contributed by atoms with E-state index in [4.69, 9.17) is 16.0 Å². The minimum Gasteiger partial charge on any atom is -0.458 e. The molecule has 1 heterocycles. The number of halogens is 1. The summed E-state index contributed by atoms with van der Waals surface area (Å²) >= 11 is 5.96. The van der Waals surface area contributed by atoms with Crippen LogP contribution in [0.15, 0.2) is 28.7 Å². The van der Waals surface area contributed by atoms with Gasteiger partial charge in [-0.3, -0.25) is 0 Å². The minimum absolute atomic E-state index is 0.0876. The van der Waals surface area contributed by atoms with Gasteiger partial charge in [-0.25, -0.2) is 8.42 Å². The zero-order chi connectivity index (χ0) is 12.6. The van der Waals surface area contributed by atoms with Crippen molar-refractivity contribution in [1.29, 1.82) is 0 Å². The van der Waals surface area contributed by atoms with Crippen molar-refractivity contribution >= 4 is 32.4 Å². The zero-order valence-corrected chi connectivity index (χ0v) is 11.2. The van der Waals surface area contributed by atoms with Crippen LogP contribution in [-0.4, -0.2) is 13.7 Å². The van der Waals surface area contributed by atoms with E-state index in [1.54, 1.807) is 32.0 Å². The van der Waals surface area contributed by atoms with Crippen molar-refractivity contribution in [3.63, 3.8) is 0 Å². The Morgan fingerprint density at radius 3 is 2.65 bits per heavy atom. The first kappa shape index (κ1) is 12.5. The Labute approximate surface area is 105 Å². The summed E-state index contributed by atoms with van der Waals surface area (Å²) in [7, 11) is -3.15. The van der Waals surface area contributed by atoms with E-state index in [0.29, 0.717) is 16.4 Å². The average Bonchev–Trinajstić information content (AvgIpc) is 2.60. The molecule has 2 rings (SSSR count). The van der Waals surface area contributed by atoms with Crippen LogP contribution in [0.5, 0.6) is 0 Å². The third kappa shape index (κ3) is 2.48. The number of para-hydroxylation sites is 1. The predicted octanol–water partition coefficient (Wildman–Crippen LogP) is 3.41. The number of hydrogen-bond acceptors (Lipinski definition) is 3. The molecular formula is C12H13ClO3S. The summed E-state index contributed by atoms with van der Waals surface area (Å²) in [6.45, 7) is 3.32. The number of hydrogen-bond donors (Lipinski definition) is 0. The fourth-order valence-electron chi connectivity index (χ4n) is 1.52. The van der Waals surface area contributed by atoms with Crippen LogP contribution in [0.3, 0.4) is 0 Å². The first-order chi connectivity index (χ1) is 7.90. The summed E-state index contributed by atoms with van der Waals surface area (Å²) < 4.78 is 29.0. The molecular weight excluding hydrogens is 260 g/mol. The molecule has 1 aromatic heterocycles. The quantitative estimate of drug-likeness (QED) is 0.860. The van der Waals surface area contributed by atoms with Gasteiger partial charge in [-0.1, -0.05) is 23.7 Å². The van der Waals surface area contributed by atoms with Crippen molar-refractivity contribution in [1.82, 2.24) is 0 Å². The highest BCUT2D eigenvalue weighted by molar-refractivity contribution is 7.91. The second-order valence-electron chi connectivity index (χ2n) is 4.23. The van der Waals surface area contributed by atoms with Crippen LogP contribution in [-0.2, 0) is 15.6 Å². The summed E-state index contributed by atoms with van der Waals surface area (Å²) in [5, 5.41) is 0.910. The molecule has 3 nitrogen and oxygen atoms in total. The van der Waals surface area contributed by atoms with Crippen LogP contribution < -0.4 is 0 Å². The highest BCUT2D eigenvalue weighted by Crippen LogP contribution is 2.27. The lowest BCUT2D eigenvalue weighted by Gasteiger charge is -2.04. The van der Waals surface area contributed by atoms with Crippen LogP contribution >= 0.6 is 11.6 Å². The van der Waals surface area contributed by atoms with E-state index in [1.165, 1.54) is 0 Å². The maximum absolute atomic E-state index is 11.8. The Bertz CT molecular complexity index is 641. The van der Waals surface area contributed by atoms with Crippen molar-refractivity contribution in [2.45, 2.75) is 24.9 Å². The smallest absolute Gasteiger partial charge is 0.159 e. The maximum Gasteiger partial charge on any atom is 0.159 e. The largest absolute Gasteiger partial charge is 0.458 e. The van der Waals surface area contributed by atoms with Gasteiger partial charge in [0, 0.05) is 5.39 Å². The van der Waals surface area contributed by atoms with E-state index >= 15 is 0 Å². The predicted molar refractivity (Wildman–Crippen MR) is 69.0 cm³/mol. The second kappa shape index (κ2) is 4.35. The molecule has 1 aromatic carbocycles. The lowest BCUT2D eigenvalue weighted by molar-refractivity contribution is 0.550. The van der Waals surface area contributed by atoms with Crippen LogP contribution in [0.4, 0.5) is 0 Å². The Kier molecular flexibility index (Phi) is 3.19. The van der Waals surface area contributed by atoms with E-state index in [1.807, 2.05) is 6.07 Å². The molecule has 0 aliphatic rings. The Morgan fingerprint density at radius 2 is 2.06 bits per heavy atom. The van der Waals surface area contributed by atoms with Gasteiger partial charge in [0.2, 0.25) is 0 Å². The van der Waals surface area contributed by atoms with Gasteiger partial charge >= 0.3 is 0 Å².